The molecular weight excluding hydrogens is 324 g/mol. The molecule has 0 aliphatic heterocycles. The van der Waals surface area contributed by atoms with Crippen molar-refractivity contribution in [1.29, 1.82) is 0 Å². The van der Waals surface area contributed by atoms with Gasteiger partial charge in [0, 0.05) is 46.3 Å². The third kappa shape index (κ3) is 2.04. The maximum absolute atomic E-state index is 13.0. The average molecular weight is 336 g/mol. The van der Waals surface area contributed by atoms with E-state index in [9.17, 15) is 15.0 Å². The zero-order valence-corrected chi connectivity index (χ0v) is 13.5. The fourth-order valence-corrected chi connectivity index (χ4v) is 3.84. The Morgan fingerprint density at radius 1 is 1.17 bits per heavy atom. The molecule has 0 atom stereocenters. The van der Waals surface area contributed by atoms with Crippen molar-refractivity contribution in [3.63, 3.8) is 0 Å². The van der Waals surface area contributed by atoms with E-state index in [0.29, 0.717) is 22.3 Å². The van der Waals surface area contributed by atoms with Crippen molar-refractivity contribution >= 4 is 28.3 Å². The van der Waals surface area contributed by atoms with Gasteiger partial charge in [0.1, 0.15) is 11.5 Å². The largest absolute Gasteiger partial charge is 0.508 e. The minimum Gasteiger partial charge on any atom is -0.508 e. The number of hydrogen-bond acceptors (Lipinski definition) is 6. The molecule has 0 radical (unpaired) electrons. The summed E-state index contributed by atoms with van der Waals surface area (Å²) in [6.45, 7) is 1.86. The second kappa shape index (κ2) is 5.28. The summed E-state index contributed by atoms with van der Waals surface area (Å²) in [5.74, 6) is -0.514. The topological polar surface area (TPSA) is 83.3 Å². The number of Topliss-reactive ketones (excluding diaryl/α,β-unsaturated/α-hetero) is 1. The van der Waals surface area contributed by atoms with Gasteiger partial charge in [-0.25, -0.2) is 4.98 Å². The van der Waals surface area contributed by atoms with Crippen molar-refractivity contribution in [2.45, 2.75) is 6.92 Å². The monoisotopic (exact) mass is 336 g/mol. The van der Waals surface area contributed by atoms with E-state index in [1.165, 1.54) is 23.5 Å². The van der Waals surface area contributed by atoms with Gasteiger partial charge in [-0.05, 0) is 19.1 Å². The van der Waals surface area contributed by atoms with Gasteiger partial charge in [-0.2, -0.15) is 0 Å². The summed E-state index contributed by atoms with van der Waals surface area (Å²) in [6, 6.07) is 6.19. The number of allylic oxidation sites excluding steroid dienone is 1. The zero-order chi connectivity index (χ0) is 16.8. The van der Waals surface area contributed by atoms with Crippen LogP contribution in [0.2, 0.25) is 0 Å². The van der Waals surface area contributed by atoms with Crippen LogP contribution in [0.4, 0.5) is 0 Å². The van der Waals surface area contributed by atoms with Crippen LogP contribution in [-0.4, -0.2) is 26.0 Å². The molecular formula is C18H12N2O3S. The van der Waals surface area contributed by atoms with Gasteiger partial charge in [0.15, 0.2) is 5.78 Å². The first-order valence-corrected chi connectivity index (χ1v) is 8.12. The lowest BCUT2D eigenvalue weighted by atomic mass is 9.99. The number of aryl methyl sites for hydroxylation is 1. The Morgan fingerprint density at radius 2 is 2.00 bits per heavy atom. The van der Waals surface area contributed by atoms with E-state index in [-0.39, 0.29) is 22.8 Å². The van der Waals surface area contributed by atoms with Gasteiger partial charge in [0.25, 0.3) is 0 Å². The normalized spacial score (nSPS) is 13.5. The number of carbonyl (C=O) groups excluding carboxylic acids is 1. The van der Waals surface area contributed by atoms with Gasteiger partial charge < -0.3 is 10.2 Å². The summed E-state index contributed by atoms with van der Waals surface area (Å²) in [5.41, 5.74) is 4.98. The van der Waals surface area contributed by atoms with Gasteiger partial charge >= 0.3 is 0 Å². The first kappa shape index (κ1) is 14.6. The highest BCUT2D eigenvalue weighted by atomic mass is 32.1. The van der Waals surface area contributed by atoms with Crippen LogP contribution >= 0.6 is 11.3 Å². The Balaban J connectivity index is 2.10. The van der Waals surface area contributed by atoms with Crippen LogP contribution in [0.1, 0.15) is 32.1 Å². The lowest BCUT2D eigenvalue weighted by Crippen LogP contribution is -1.98. The molecule has 4 rings (SSSR count). The van der Waals surface area contributed by atoms with E-state index in [1.807, 2.05) is 6.92 Å². The molecule has 0 saturated heterocycles. The summed E-state index contributed by atoms with van der Waals surface area (Å²) >= 11 is 1.41. The molecule has 1 aliphatic carbocycles. The number of phenolic OH excluding ortho intramolecular Hbond substituents is 2. The molecule has 0 spiro atoms. The van der Waals surface area contributed by atoms with Gasteiger partial charge in [0.2, 0.25) is 0 Å². The summed E-state index contributed by atoms with van der Waals surface area (Å²) in [7, 11) is 0. The highest BCUT2D eigenvalue weighted by molar-refractivity contribution is 7.11. The SMILES string of the molecule is Cc1ncsc1C1=C(c2cccnc2)C(=O)c2cc(O)cc(O)c21. The molecule has 5 nitrogen and oxygen atoms in total. The third-order valence-corrected chi connectivity index (χ3v) is 4.94. The average Bonchev–Trinajstić information content (AvgIpc) is 3.10. The number of aromatic hydroxyl groups is 2. The van der Waals surface area contributed by atoms with E-state index in [0.717, 1.165) is 10.6 Å². The predicted molar refractivity (Wildman–Crippen MR) is 91.1 cm³/mol. The summed E-state index contributed by atoms with van der Waals surface area (Å²) in [5, 5.41) is 20.1. The molecule has 0 fully saturated rings. The van der Waals surface area contributed by atoms with Crippen LogP contribution in [0.5, 0.6) is 11.5 Å². The lowest BCUT2D eigenvalue weighted by Gasteiger charge is -2.08. The van der Waals surface area contributed by atoms with E-state index in [4.69, 9.17) is 0 Å². The van der Waals surface area contributed by atoms with E-state index in [1.54, 1.807) is 30.0 Å². The molecule has 3 aromatic rings. The number of nitrogens with zero attached hydrogens (tertiary/aromatic N) is 2. The number of phenols is 2. The summed E-state index contributed by atoms with van der Waals surface area (Å²) in [4.78, 5) is 22.2. The van der Waals surface area contributed by atoms with Gasteiger partial charge in [-0.1, -0.05) is 6.07 Å². The van der Waals surface area contributed by atoms with Crippen LogP contribution in [0.25, 0.3) is 11.1 Å². The first-order valence-electron chi connectivity index (χ1n) is 7.24. The third-order valence-electron chi connectivity index (χ3n) is 4.00. The zero-order valence-electron chi connectivity index (χ0n) is 12.6. The van der Waals surface area contributed by atoms with E-state index < -0.39 is 0 Å². The van der Waals surface area contributed by atoms with Crippen molar-refractivity contribution in [3.8, 4) is 11.5 Å². The number of benzene rings is 1. The number of carbonyl (C=O) groups is 1. The Hall–Kier alpha value is -2.99. The molecule has 24 heavy (non-hydrogen) atoms. The number of pyridine rings is 1. The molecule has 2 aromatic heterocycles. The van der Waals surface area contributed by atoms with Gasteiger partial charge in [0.05, 0.1) is 16.1 Å². The minimum absolute atomic E-state index is 0.125. The molecule has 0 saturated carbocycles. The lowest BCUT2D eigenvalue weighted by molar-refractivity contribution is 0.105. The highest BCUT2D eigenvalue weighted by Gasteiger charge is 2.35. The summed E-state index contributed by atoms with van der Waals surface area (Å²) in [6.07, 6.45) is 3.25. The molecule has 2 heterocycles. The number of ketones is 1. The number of rotatable bonds is 2. The number of hydrogen-bond donors (Lipinski definition) is 2. The standard InChI is InChI=1S/C18H12N2O3S/c1-9-18(24-8-20-9)16-14(10-3-2-4-19-7-10)17(23)12-5-11(21)6-13(22)15(12)16/h2-8,21-22H,1H3. The first-order chi connectivity index (χ1) is 11.6. The van der Waals surface area contributed by atoms with Gasteiger partial charge in [-0.15, -0.1) is 11.3 Å². The van der Waals surface area contributed by atoms with Crippen LogP contribution in [0.15, 0.2) is 42.2 Å². The van der Waals surface area contributed by atoms with Crippen molar-refractivity contribution in [2.24, 2.45) is 0 Å². The van der Waals surface area contributed by atoms with Crippen molar-refractivity contribution in [3.05, 3.63) is 69.4 Å². The second-order valence-corrected chi connectivity index (χ2v) is 6.33. The van der Waals surface area contributed by atoms with Crippen LogP contribution in [0, 0.1) is 6.92 Å². The predicted octanol–water partition coefficient (Wildman–Crippen LogP) is 3.41. The molecule has 0 bridgehead atoms. The van der Waals surface area contributed by atoms with Crippen molar-refractivity contribution < 1.29 is 15.0 Å². The van der Waals surface area contributed by atoms with Crippen LogP contribution in [0.3, 0.4) is 0 Å². The molecule has 0 unspecified atom stereocenters. The van der Waals surface area contributed by atoms with Crippen molar-refractivity contribution in [1.82, 2.24) is 9.97 Å². The number of fused-ring (bicyclic) bond motifs is 1. The Bertz CT molecular complexity index is 1010. The molecule has 118 valence electrons. The van der Waals surface area contributed by atoms with Gasteiger partial charge in [-0.3, -0.25) is 9.78 Å². The summed E-state index contributed by atoms with van der Waals surface area (Å²) < 4.78 is 0. The maximum Gasteiger partial charge on any atom is 0.195 e. The molecule has 1 aliphatic rings. The fourth-order valence-electron chi connectivity index (χ4n) is 2.98. The van der Waals surface area contributed by atoms with E-state index in [2.05, 4.69) is 9.97 Å². The number of aromatic nitrogens is 2. The van der Waals surface area contributed by atoms with Crippen molar-refractivity contribution in [2.75, 3.05) is 0 Å². The van der Waals surface area contributed by atoms with E-state index >= 15 is 0 Å². The number of thiazole rings is 1. The highest BCUT2D eigenvalue weighted by Crippen LogP contribution is 2.48. The second-order valence-electron chi connectivity index (χ2n) is 5.48. The Labute approximate surface area is 141 Å². The van der Waals surface area contributed by atoms with Crippen LogP contribution in [-0.2, 0) is 0 Å². The van der Waals surface area contributed by atoms with Crippen LogP contribution < -0.4 is 0 Å². The molecule has 0 amide bonds. The smallest absolute Gasteiger partial charge is 0.195 e. The quantitative estimate of drug-likeness (QED) is 0.749. The molecule has 1 aromatic carbocycles. The minimum atomic E-state index is -0.244. The maximum atomic E-state index is 13.0. The Morgan fingerprint density at radius 3 is 2.67 bits per heavy atom. The molecule has 6 heteroatoms. The Kier molecular flexibility index (Phi) is 3.21. The fraction of sp³-hybridized carbons (Fsp3) is 0.0556. The molecule has 2 N–H and O–H groups in total.